The third kappa shape index (κ3) is 3.34. The Morgan fingerprint density at radius 2 is 1.45 bits per heavy atom. The second kappa shape index (κ2) is 5.22. The molecule has 0 heterocycles. The molecular formula is C19H32O3. The molecule has 0 unspecified atom stereocenters. The number of carbonyl (C=O) groups excluding carboxylic acids is 1. The minimum absolute atomic E-state index is 0.0485. The summed E-state index contributed by atoms with van der Waals surface area (Å²) in [5.41, 5.74) is -1.37. The monoisotopic (exact) mass is 308 g/mol. The summed E-state index contributed by atoms with van der Waals surface area (Å²) < 4.78 is 5.97. The fraction of sp³-hybridized carbons (Fsp3) is 0.947. The number of carbonyl (C=O) groups is 1. The molecule has 4 aliphatic carbocycles. The van der Waals surface area contributed by atoms with Crippen molar-refractivity contribution in [1.82, 2.24) is 0 Å². The molecule has 22 heavy (non-hydrogen) atoms. The molecule has 0 saturated heterocycles. The molecule has 0 atom stereocenters. The molecule has 4 bridgehead atoms. The molecular weight excluding hydrogens is 276 g/mol. The average molecular weight is 308 g/mol. The van der Waals surface area contributed by atoms with Gasteiger partial charge in [-0.05, 0) is 96.8 Å². The van der Waals surface area contributed by atoms with Crippen molar-refractivity contribution in [3.05, 3.63) is 0 Å². The fourth-order valence-corrected chi connectivity index (χ4v) is 5.38. The quantitative estimate of drug-likeness (QED) is 0.779. The van der Waals surface area contributed by atoms with Crippen LogP contribution < -0.4 is 0 Å². The molecule has 1 N–H and O–H groups in total. The van der Waals surface area contributed by atoms with E-state index in [0.717, 1.165) is 37.0 Å². The predicted molar refractivity (Wildman–Crippen MR) is 86.3 cm³/mol. The van der Waals surface area contributed by atoms with Crippen LogP contribution in [0.2, 0.25) is 0 Å². The lowest BCUT2D eigenvalue weighted by Crippen LogP contribution is -2.52. The van der Waals surface area contributed by atoms with E-state index in [1.54, 1.807) is 0 Å². The number of hydrogen-bond acceptors (Lipinski definition) is 3. The van der Waals surface area contributed by atoms with Crippen molar-refractivity contribution in [2.24, 2.45) is 23.2 Å². The van der Waals surface area contributed by atoms with E-state index in [1.165, 1.54) is 19.3 Å². The van der Waals surface area contributed by atoms with Gasteiger partial charge in [0.2, 0.25) is 0 Å². The normalized spacial score (nSPS) is 37.4. The highest BCUT2D eigenvalue weighted by Gasteiger charge is 2.56. The Labute approximate surface area is 134 Å². The summed E-state index contributed by atoms with van der Waals surface area (Å²) in [5.74, 6) is 2.34. The summed E-state index contributed by atoms with van der Waals surface area (Å²) >= 11 is 0. The smallest absolute Gasteiger partial charge is 0.312 e. The zero-order chi connectivity index (χ0) is 16.2. The van der Waals surface area contributed by atoms with Gasteiger partial charge in [0.05, 0.1) is 11.0 Å². The molecule has 4 saturated carbocycles. The summed E-state index contributed by atoms with van der Waals surface area (Å²) in [6, 6.07) is 0. The van der Waals surface area contributed by atoms with Crippen molar-refractivity contribution in [3.8, 4) is 0 Å². The van der Waals surface area contributed by atoms with E-state index in [0.29, 0.717) is 12.8 Å². The zero-order valence-electron chi connectivity index (χ0n) is 14.7. The highest BCUT2D eigenvalue weighted by atomic mass is 16.6. The van der Waals surface area contributed by atoms with Crippen molar-refractivity contribution < 1.29 is 14.6 Å². The molecule has 0 aromatic carbocycles. The summed E-state index contributed by atoms with van der Waals surface area (Å²) in [6.45, 7) is 7.59. The van der Waals surface area contributed by atoms with E-state index in [9.17, 15) is 9.90 Å². The maximum Gasteiger partial charge on any atom is 0.312 e. The summed E-state index contributed by atoms with van der Waals surface area (Å²) in [6.07, 6.45) is 8.54. The molecule has 0 aliphatic heterocycles. The van der Waals surface area contributed by atoms with Crippen LogP contribution in [0.4, 0.5) is 0 Å². The van der Waals surface area contributed by atoms with Crippen molar-refractivity contribution >= 4 is 5.97 Å². The lowest BCUT2D eigenvalue weighted by molar-refractivity contribution is -0.185. The van der Waals surface area contributed by atoms with Crippen LogP contribution in [-0.2, 0) is 9.53 Å². The molecule has 3 heteroatoms. The average Bonchev–Trinajstić information content (AvgIpc) is 2.33. The first-order valence-electron chi connectivity index (χ1n) is 9.03. The Morgan fingerprint density at radius 1 is 1.00 bits per heavy atom. The van der Waals surface area contributed by atoms with Gasteiger partial charge in [-0.1, -0.05) is 0 Å². The van der Waals surface area contributed by atoms with Gasteiger partial charge in [0, 0.05) is 0 Å². The van der Waals surface area contributed by atoms with Crippen molar-refractivity contribution in [1.29, 1.82) is 0 Å². The standard InChI is InChI=1S/C19H32O3/c1-17(2,21)5-6-18(3,4)22-16(20)19-10-13-7-14(11-19)9-15(8-13)12-19/h13-15,21H,5-12H2,1-4H3. The number of aliphatic hydroxyl groups is 1. The van der Waals surface area contributed by atoms with E-state index in [-0.39, 0.29) is 11.4 Å². The van der Waals surface area contributed by atoms with Gasteiger partial charge < -0.3 is 9.84 Å². The Morgan fingerprint density at radius 3 is 1.86 bits per heavy atom. The molecule has 0 radical (unpaired) electrons. The van der Waals surface area contributed by atoms with Crippen LogP contribution in [0, 0.1) is 23.2 Å². The van der Waals surface area contributed by atoms with E-state index >= 15 is 0 Å². The topological polar surface area (TPSA) is 46.5 Å². The molecule has 126 valence electrons. The molecule has 0 spiro atoms. The summed E-state index contributed by atoms with van der Waals surface area (Å²) in [4.78, 5) is 13.0. The lowest BCUT2D eigenvalue weighted by Gasteiger charge is -2.55. The molecule has 0 amide bonds. The highest BCUT2D eigenvalue weighted by Crippen LogP contribution is 2.60. The lowest BCUT2D eigenvalue weighted by atomic mass is 9.49. The van der Waals surface area contributed by atoms with Crippen LogP contribution in [0.5, 0.6) is 0 Å². The van der Waals surface area contributed by atoms with E-state index in [2.05, 4.69) is 0 Å². The van der Waals surface area contributed by atoms with Gasteiger partial charge in [-0.3, -0.25) is 4.79 Å². The van der Waals surface area contributed by atoms with Gasteiger partial charge in [-0.25, -0.2) is 0 Å². The van der Waals surface area contributed by atoms with E-state index < -0.39 is 11.2 Å². The van der Waals surface area contributed by atoms with Crippen LogP contribution in [0.1, 0.15) is 79.1 Å². The first-order valence-corrected chi connectivity index (χ1v) is 9.03. The highest BCUT2D eigenvalue weighted by molar-refractivity contribution is 5.78. The first kappa shape index (κ1) is 16.3. The SMILES string of the molecule is CC(C)(O)CCC(C)(C)OC(=O)C12CC3CC(CC(C3)C1)C2. The Balaban J connectivity index is 1.64. The van der Waals surface area contributed by atoms with Gasteiger partial charge in [0.1, 0.15) is 5.60 Å². The maximum atomic E-state index is 13.0. The second-order valence-electron chi connectivity index (χ2n) is 9.66. The van der Waals surface area contributed by atoms with Crippen molar-refractivity contribution in [3.63, 3.8) is 0 Å². The fourth-order valence-electron chi connectivity index (χ4n) is 5.38. The molecule has 4 fully saturated rings. The third-order valence-corrected chi connectivity index (χ3v) is 6.18. The first-order chi connectivity index (χ1) is 10.1. The van der Waals surface area contributed by atoms with Crippen LogP contribution in [0.25, 0.3) is 0 Å². The number of hydrogen-bond donors (Lipinski definition) is 1. The molecule has 4 aliphatic rings. The maximum absolute atomic E-state index is 13.0. The third-order valence-electron chi connectivity index (χ3n) is 6.18. The van der Waals surface area contributed by atoms with Gasteiger partial charge in [-0.2, -0.15) is 0 Å². The number of rotatable bonds is 5. The summed E-state index contributed by atoms with van der Waals surface area (Å²) in [5, 5.41) is 9.90. The Kier molecular flexibility index (Phi) is 3.87. The Bertz CT molecular complexity index is 409. The molecule has 4 rings (SSSR count). The summed E-state index contributed by atoms with van der Waals surface area (Å²) in [7, 11) is 0. The molecule has 0 aromatic rings. The minimum atomic E-state index is -0.704. The van der Waals surface area contributed by atoms with Gasteiger partial charge in [-0.15, -0.1) is 0 Å². The van der Waals surface area contributed by atoms with Crippen LogP contribution >= 0.6 is 0 Å². The van der Waals surface area contributed by atoms with Crippen LogP contribution in [0.3, 0.4) is 0 Å². The largest absolute Gasteiger partial charge is 0.459 e. The Hall–Kier alpha value is -0.570. The van der Waals surface area contributed by atoms with Crippen molar-refractivity contribution in [2.75, 3.05) is 0 Å². The van der Waals surface area contributed by atoms with E-state index in [4.69, 9.17) is 4.74 Å². The molecule has 3 nitrogen and oxygen atoms in total. The predicted octanol–water partition coefficient (Wildman–Crippen LogP) is 4.08. The van der Waals surface area contributed by atoms with Gasteiger partial charge in [0.15, 0.2) is 0 Å². The van der Waals surface area contributed by atoms with Crippen LogP contribution in [0.15, 0.2) is 0 Å². The van der Waals surface area contributed by atoms with Gasteiger partial charge >= 0.3 is 5.97 Å². The second-order valence-corrected chi connectivity index (χ2v) is 9.66. The zero-order valence-corrected chi connectivity index (χ0v) is 14.7. The van der Waals surface area contributed by atoms with Gasteiger partial charge in [0.25, 0.3) is 0 Å². The number of ether oxygens (including phenoxy) is 1. The minimum Gasteiger partial charge on any atom is -0.459 e. The van der Waals surface area contributed by atoms with Crippen LogP contribution in [-0.4, -0.2) is 22.3 Å². The van der Waals surface area contributed by atoms with E-state index in [1.807, 2.05) is 27.7 Å². The van der Waals surface area contributed by atoms with Crippen molar-refractivity contribution in [2.45, 2.75) is 90.3 Å². The molecule has 0 aromatic heterocycles. The number of esters is 1.